The summed E-state index contributed by atoms with van der Waals surface area (Å²) in [5.41, 5.74) is 22.4. The molecule has 1 aliphatic heterocycles. The average molecular weight is 814 g/mol. The van der Waals surface area contributed by atoms with Crippen molar-refractivity contribution in [1.29, 1.82) is 0 Å². The van der Waals surface area contributed by atoms with Crippen LogP contribution in [0.15, 0.2) is 12.2 Å². The van der Waals surface area contributed by atoms with E-state index in [0.29, 0.717) is 25.0 Å². The molecule has 0 spiro atoms. The minimum Gasteiger partial charge on any atom is -0.481 e. The van der Waals surface area contributed by atoms with Crippen molar-refractivity contribution in [2.45, 2.75) is 128 Å². The summed E-state index contributed by atoms with van der Waals surface area (Å²) >= 11 is 1.42. The van der Waals surface area contributed by atoms with Crippen molar-refractivity contribution in [3.8, 4) is 0 Å². The molecule has 318 valence electrons. The topological polar surface area (TPSA) is 313 Å². The number of nitrogens with two attached hydrogens (primary N) is 2. The van der Waals surface area contributed by atoms with E-state index in [9.17, 15) is 43.5 Å². The van der Waals surface area contributed by atoms with Crippen molar-refractivity contribution in [2.75, 3.05) is 25.2 Å². The lowest BCUT2D eigenvalue weighted by Gasteiger charge is -2.29. The first-order chi connectivity index (χ1) is 26.4. The van der Waals surface area contributed by atoms with Crippen LogP contribution in [-0.4, -0.2) is 125 Å². The summed E-state index contributed by atoms with van der Waals surface area (Å²) in [6, 6.07) is -7.95. The van der Waals surface area contributed by atoms with E-state index in [-0.39, 0.29) is 56.6 Å². The Bertz CT molecular complexity index is 1380. The molecule has 0 aliphatic carbocycles. The first kappa shape index (κ1) is 50.2. The summed E-state index contributed by atoms with van der Waals surface area (Å²) in [6.07, 6.45) is 2.48. The lowest BCUT2D eigenvalue weighted by molar-refractivity contribution is -0.140. The van der Waals surface area contributed by atoms with E-state index < -0.39 is 102 Å². The van der Waals surface area contributed by atoms with Crippen LogP contribution in [0, 0.1) is 11.8 Å². The second-order valence-corrected chi connectivity index (χ2v) is 15.3. The maximum atomic E-state index is 13.8. The van der Waals surface area contributed by atoms with Crippen molar-refractivity contribution in [2.24, 2.45) is 23.3 Å². The van der Waals surface area contributed by atoms with Gasteiger partial charge in [-0.3, -0.25) is 38.4 Å². The Hall–Kier alpha value is -3.79. The lowest BCUT2D eigenvalue weighted by atomic mass is 9.93. The molecule has 20 heteroatoms. The van der Waals surface area contributed by atoms with Crippen molar-refractivity contribution in [3.05, 3.63) is 12.2 Å². The Labute approximate surface area is 332 Å². The number of rotatable bonds is 19. The van der Waals surface area contributed by atoms with Gasteiger partial charge in [0.2, 0.25) is 35.2 Å². The molecule has 19 nitrogen and oxygen atoms in total. The molecule has 1 saturated heterocycles. The van der Waals surface area contributed by atoms with Crippen LogP contribution < -0.4 is 49.1 Å². The second-order valence-electron chi connectivity index (χ2n) is 14.3. The number of hydrogen-bond donors (Lipinski definition) is 11. The number of ketones is 3. The van der Waals surface area contributed by atoms with Gasteiger partial charge in [0.15, 0.2) is 5.78 Å². The van der Waals surface area contributed by atoms with Gasteiger partial charge >= 0.3 is 5.97 Å². The van der Waals surface area contributed by atoms with Gasteiger partial charge in [-0.05, 0) is 62.4 Å². The number of carboxylic acid groups (broad SMARTS) is 1. The summed E-state index contributed by atoms with van der Waals surface area (Å²) in [7, 11) is 0. The van der Waals surface area contributed by atoms with Gasteiger partial charge < -0.3 is 37.6 Å². The first-order valence-electron chi connectivity index (χ1n) is 19.0. The predicted molar refractivity (Wildman–Crippen MR) is 210 cm³/mol. The van der Waals surface area contributed by atoms with Crippen molar-refractivity contribution >= 4 is 58.7 Å². The number of hydrazine groups is 2. The normalized spacial score (nSPS) is 23.1. The molecule has 0 aromatic rings. The third kappa shape index (κ3) is 17.1. The minimum atomic E-state index is -1.37. The molecule has 1 rings (SSSR count). The van der Waals surface area contributed by atoms with E-state index in [1.165, 1.54) is 11.8 Å². The van der Waals surface area contributed by atoms with Crippen LogP contribution in [0.5, 0.6) is 0 Å². The third-order valence-electron chi connectivity index (χ3n) is 9.56. The molecule has 4 amide bonds. The van der Waals surface area contributed by atoms with Crippen LogP contribution in [0.2, 0.25) is 0 Å². The zero-order valence-corrected chi connectivity index (χ0v) is 33.9. The number of carboxylic acids is 1. The lowest BCUT2D eigenvalue weighted by Crippen LogP contribution is -2.61. The Morgan fingerprint density at radius 3 is 2.23 bits per heavy atom. The summed E-state index contributed by atoms with van der Waals surface area (Å²) in [5, 5.41) is 27.2. The molecule has 0 aromatic heterocycles. The van der Waals surface area contributed by atoms with Gasteiger partial charge in [0.25, 0.3) is 0 Å². The first-order valence-corrected chi connectivity index (χ1v) is 20.4. The number of thioether (sulfide) groups is 1. The van der Waals surface area contributed by atoms with Gasteiger partial charge in [-0.15, -0.1) is 0 Å². The third-order valence-corrected chi connectivity index (χ3v) is 10.2. The van der Waals surface area contributed by atoms with Crippen molar-refractivity contribution in [1.82, 2.24) is 37.7 Å². The number of aliphatic carboxylic acids is 1. The fraction of sp³-hybridized carbons (Fsp3) is 0.722. The van der Waals surface area contributed by atoms with Gasteiger partial charge in [0, 0.05) is 25.0 Å². The molecule has 0 saturated carbocycles. The zero-order chi connectivity index (χ0) is 42.5. The van der Waals surface area contributed by atoms with E-state index in [0.717, 1.165) is 0 Å². The smallest absolute Gasteiger partial charge is 0.303 e. The molecular weight excluding hydrogens is 751 g/mol. The highest BCUT2D eigenvalue weighted by Crippen LogP contribution is 2.15. The minimum absolute atomic E-state index is 0.0817. The molecule has 0 radical (unpaired) electrons. The fourth-order valence-corrected chi connectivity index (χ4v) is 6.16. The second kappa shape index (κ2) is 26.2. The van der Waals surface area contributed by atoms with E-state index >= 15 is 0 Å². The highest BCUT2D eigenvalue weighted by Gasteiger charge is 2.36. The van der Waals surface area contributed by atoms with Gasteiger partial charge in [-0.2, -0.15) is 11.8 Å². The highest BCUT2D eigenvalue weighted by molar-refractivity contribution is 7.98. The van der Waals surface area contributed by atoms with Gasteiger partial charge in [-0.25, -0.2) is 21.7 Å². The van der Waals surface area contributed by atoms with E-state index in [4.69, 9.17) is 16.6 Å². The van der Waals surface area contributed by atoms with Crippen molar-refractivity contribution in [3.63, 3.8) is 0 Å². The van der Waals surface area contributed by atoms with Crippen LogP contribution in [0.1, 0.15) is 85.5 Å². The molecule has 8 atom stereocenters. The monoisotopic (exact) mass is 813 g/mol. The largest absolute Gasteiger partial charge is 0.481 e. The maximum Gasteiger partial charge on any atom is 0.303 e. The number of hydrogen-bond acceptors (Lipinski definition) is 15. The van der Waals surface area contributed by atoms with Crippen LogP contribution in [-0.2, 0) is 38.4 Å². The average Bonchev–Trinajstić information content (AvgIpc) is 3.15. The van der Waals surface area contributed by atoms with Crippen LogP contribution in [0.25, 0.3) is 0 Å². The Kier molecular flexibility index (Phi) is 23.5. The number of carbonyl (C=O) groups excluding carboxylic acids is 7. The van der Waals surface area contributed by atoms with Gasteiger partial charge in [0.05, 0.1) is 30.8 Å². The number of Topliss-reactive ketones (excluding diaryl/α,β-unsaturated/α-hetero) is 3. The number of nitrogens with one attached hydrogen (secondary N) is 7. The molecule has 1 fully saturated rings. The summed E-state index contributed by atoms with van der Waals surface area (Å²) in [5.74, 6) is -6.25. The summed E-state index contributed by atoms with van der Waals surface area (Å²) in [4.78, 5) is 104. The maximum absolute atomic E-state index is 13.8. The van der Waals surface area contributed by atoms with Gasteiger partial charge in [-0.1, -0.05) is 40.7 Å². The predicted octanol–water partition coefficient (Wildman–Crippen LogP) is -1.91. The molecular formula is C36H63N9O10S. The zero-order valence-electron chi connectivity index (χ0n) is 33.1. The van der Waals surface area contributed by atoms with E-state index in [2.05, 4.69) is 44.2 Å². The Balaban J connectivity index is 3.38. The molecule has 0 aromatic carbocycles. The molecule has 1 aliphatic rings. The van der Waals surface area contributed by atoms with Crippen molar-refractivity contribution < 1.29 is 48.6 Å². The number of amides is 4. The Morgan fingerprint density at radius 2 is 1.66 bits per heavy atom. The number of aliphatic hydroxyl groups is 1. The van der Waals surface area contributed by atoms with Crippen LogP contribution >= 0.6 is 11.8 Å². The Morgan fingerprint density at radius 1 is 1.00 bits per heavy atom. The van der Waals surface area contributed by atoms with Gasteiger partial charge in [0.1, 0.15) is 18.1 Å². The summed E-state index contributed by atoms with van der Waals surface area (Å²) < 4.78 is 0. The van der Waals surface area contributed by atoms with Crippen LogP contribution in [0.3, 0.4) is 0 Å². The molecule has 56 heavy (non-hydrogen) atoms. The SMILES string of the molecule is C=C1C(=O)[C@H](CO)NNC(C(=O)C(=O)[C@@H](NNC(C(N)=O)[C@@H](C)CC)C(C)C)CCCCNC(=O)CCC(NC(=O)[C@@H](N)CCC(=O)O)C(=O)N[C@H]1CCSC. The number of primary amides is 1. The molecule has 1 heterocycles. The molecule has 0 bridgehead atoms. The van der Waals surface area contributed by atoms with E-state index in [1.54, 1.807) is 13.8 Å². The number of aliphatic hydroxyl groups excluding tert-OH is 1. The standard InChI is InChI=1S/C36H63N9O10S/c1-7-20(4)30(34(38)53)45-44-29(19(2)3)33(52)32(51)24-10-8-9-16-39-27(47)13-12-25(41-35(54)22(37)11-14-28(48)49)36(55)40-23(15-17-56-6)21(5)31(50)26(18-46)43-42-24/h19-20,22-26,29-30,42-46H,5,7-18,37H2,1-4,6H3,(H2,38,53)(H,39,47)(H,40,55)(H,41,54)(H,48,49)/t20-,22-,23-,24?,25?,26-,29-,30?/m0/s1. The fourth-order valence-electron chi connectivity index (χ4n) is 5.69. The number of carbonyl (C=O) groups is 8. The molecule has 13 N–H and O–H groups in total. The quantitative estimate of drug-likeness (QED) is 0.0385. The summed E-state index contributed by atoms with van der Waals surface area (Å²) in [6.45, 7) is 10.4. The van der Waals surface area contributed by atoms with E-state index in [1.807, 2.05) is 20.1 Å². The van der Waals surface area contributed by atoms with Crippen LogP contribution in [0.4, 0.5) is 0 Å². The highest BCUT2D eigenvalue weighted by atomic mass is 32.2. The molecule has 3 unspecified atom stereocenters.